The van der Waals surface area contributed by atoms with Crippen LogP contribution in [0.2, 0.25) is 0 Å². The number of thioether (sulfide) groups is 1. The Morgan fingerprint density at radius 2 is 2.35 bits per heavy atom. The van der Waals surface area contributed by atoms with E-state index in [1.165, 1.54) is 4.88 Å². The van der Waals surface area contributed by atoms with Crippen molar-refractivity contribution < 1.29 is 0 Å². The van der Waals surface area contributed by atoms with Crippen molar-refractivity contribution in [2.45, 2.75) is 25.6 Å². The molecule has 1 aromatic heterocycles. The zero-order valence-corrected chi connectivity index (χ0v) is 12.4. The molecule has 0 aliphatic rings. The molecular weight excluding hydrogens is 252 g/mol. The van der Waals surface area contributed by atoms with Crippen molar-refractivity contribution >= 4 is 29.1 Å². The highest BCUT2D eigenvalue weighted by molar-refractivity contribution is 7.99. The summed E-state index contributed by atoms with van der Waals surface area (Å²) in [7, 11) is 1.78. The molecule has 0 aliphatic carbocycles. The van der Waals surface area contributed by atoms with Gasteiger partial charge in [0.15, 0.2) is 5.96 Å². The normalized spacial score (nSPS) is 13.5. The number of guanidine groups is 1. The highest BCUT2D eigenvalue weighted by atomic mass is 32.2. The van der Waals surface area contributed by atoms with Crippen LogP contribution in [0.15, 0.2) is 11.2 Å². The number of aromatic nitrogens is 1. The van der Waals surface area contributed by atoms with Crippen LogP contribution in [0, 0.1) is 6.92 Å². The summed E-state index contributed by atoms with van der Waals surface area (Å²) in [6, 6.07) is 0. The molecule has 0 saturated carbocycles. The van der Waals surface area contributed by atoms with E-state index in [0.717, 1.165) is 24.1 Å². The van der Waals surface area contributed by atoms with Gasteiger partial charge in [0.25, 0.3) is 0 Å². The Labute approximate surface area is 111 Å². The lowest BCUT2D eigenvalue weighted by molar-refractivity contribution is 0.788. The molecule has 6 heteroatoms. The zero-order valence-electron chi connectivity index (χ0n) is 10.8. The summed E-state index contributed by atoms with van der Waals surface area (Å²) in [5, 5.41) is 8.21. The molecule has 0 aliphatic heterocycles. The molecule has 96 valence electrons. The lowest BCUT2D eigenvalue weighted by Crippen LogP contribution is -2.39. The van der Waals surface area contributed by atoms with Crippen LogP contribution in [0.4, 0.5) is 0 Å². The van der Waals surface area contributed by atoms with Gasteiger partial charge in [-0.05, 0) is 13.2 Å². The topological polar surface area (TPSA) is 49.3 Å². The number of rotatable bonds is 5. The monoisotopic (exact) mass is 272 g/mol. The number of hydrogen-bond donors (Lipinski definition) is 2. The van der Waals surface area contributed by atoms with Crippen molar-refractivity contribution in [1.29, 1.82) is 0 Å². The predicted molar refractivity (Wildman–Crippen MR) is 78.0 cm³/mol. The van der Waals surface area contributed by atoms with Crippen LogP contribution in [-0.4, -0.2) is 36.0 Å². The molecule has 1 heterocycles. The van der Waals surface area contributed by atoms with E-state index in [1.54, 1.807) is 18.4 Å². The van der Waals surface area contributed by atoms with Gasteiger partial charge in [-0.1, -0.05) is 6.92 Å². The third-order valence-electron chi connectivity index (χ3n) is 2.26. The van der Waals surface area contributed by atoms with Crippen molar-refractivity contribution in [1.82, 2.24) is 15.6 Å². The minimum atomic E-state index is 0.579. The van der Waals surface area contributed by atoms with E-state index in [2.05, 4.69) is 40.7 Å². The first-order valence-electron chi connectivity index (χ1n) is 5.54. The molecule has 0 amide bonds. The number of aryl methyl sites for hydroxylation is 1. The average molecular weight is 272 g/mol. The van der Waals surface area contributed by atoms with Crippen LogP contribution in [0.3, 0.4) is 0 Å². The number of nitrogens with zero attached hydrogens (tertiary/aromatic N) is 2. The van der Waals surface area contributed by atoms with Crippen LogP contribution in [0.25, 0.3) is 0 Å². The first-order valence-corrected chi connectivity index (χ1v) is 7.64. The van der Waals surface area contributed by atoms with Gasteiger partial charge < -0.3 is 10.6 Å². The van der Waals surface area contributed by atoms with Crippen LogP contribution in [0.5, 0.6) is 0 Å². The summed E-state index contributed by atoms with van der Waals surface area (Å²) in [4.78, 5) is 9.72. The molecule has 17 heavy (non-hydrogen) atoms. The summed E-state index contributed by atoms with van der Waals surface area (Å²) in [5.74, 6) is 0.832. The maximum Gasteiger partial charge on any atom is 0.191 e. The highest BCUT2D eigenvalue weighted by Crippen LogP contribution is 2.10. The molecular formula is C11H20N4S2. The molecule has 0 saturated heterocycles. The van der Waals surface area contributed by atoms with Gasteiger partial charge >= 0.3 is 0 Å². The molecule has 1 aromatic rings. The fraction of sp³-hybridized carbons (Fsp3) is 0.636. The Morgan fingerprint density at radius 3 is 2.88 bits per heavy atom. The third kappa shape index (κ3) is 5.41. The van der Waals surface area contributed by atoms with Crippen LogP contribution < -0.4 is 10.6 Å². The minimum Gasteiger partial charge on any atom is -0.355 e. The quantitative estimate of drug-likeness (QED) is 0.634. The maximum absolute atomic E-state index is 4.30. The van der Waals surface area contributed by atoms with Crippen LogP contribution in [0.1, 0.15) is 16.8 Å². The molecule has 0 fully saturated rings. The van der Waals surface area contributed by atoms with Gasteiger partial charge in [-0.2, -0.15) is 11.8 Å². The summed E-state index contributed by atoms with van der Waals surface area (Å²) in [5.41, 5.74) is 0. The van der Waals surface area contributed by atoms with E-state index >= 15 is 0 Å². The van der Waals surface area contributed by atoms with Crippen molar-refractivity contribution in [3.05, 3.63) is 16.1 Å². The molecule has 1 unspecified atom stereocenters. The molecule has 1 atom stereocenters. The summed E-state index contributed by atoms with van der Waals surface area (Å²) < 4.78 is 0. The van der Waals surface area contributed by atoms with Gasteiger partial charge in [-0.25, -0.2) is 4.98 Å². The van der Waals surface area contributed by atoms with Gasteiger partial charge in [0.1, 0.15) is 5.01 Å². The zero-order chi connectivity index (χ0) is 12.7. The van der Waals surface area contributed by atoms with Crippen LogP contribution >= 0.6 is 23.1 Å². The number of thiazole rings is 1. The average Bonchev–Trinajstić information content (AvgIpc) is 2.75. The molecule has 4 nitrogen and oxygen atoms in total. The first kappa shape index (κ1) is 14.3. The highest BCUT2D eigenvalue weighted by Gasteiger charge is 2.03. The summed E-state index contributed by atoms with van der Waals surface area (Å²) >= 11 is 3.55. The van der Waals surface area contributed by atoms with Gasteiger partial charge in [-0.15, -0.1) is 11.3 Å². The van der Waals surface area contributed by atoms with E-state index in [-0.39, 0.29) is 0 Å². The Bertz CT molecular complexity index is 362. The van der Waals surface area contributed by atoms with Gasteiger partial charge in [0, 0.05) is 29.9 Å². The lowest BCUT2D eigenvalue weighted by atomic mass is 10.5. The van der Waals surface area contributed by atoms with Crippen molar-refractivity contribution in [2.75, 3.05) is 19.8 Å². The molecule has 1 rings (SSSR count). The fourth-order valence-corrected chi connectivity index (χ4v) is 2.16. The molecule has 0 aromatic carbocycles. The van der Waals surface area contributed by atoms with E-state index in [4.69, 9.17) is 0 Å². The Kier molecular flexibility index (Phi) is 6.36. The third-order valence-corrected chi connectivity index (χ3v) is 4.14. The van der Waals surface area contributed by atoms with E-state index in [0.29, 0.717) is 5.25 Å². The Morgan fingerprint density at radius 1 is 1.59 bits per heavy atom. The van der Waals surface area contributed by atoms with E-state index in [1.807, 2.05) is 18.0 Å². The first-order chi connectivity index (χ1) is 8.15. The molecule has 0 radical (unpaired) electrons. The second-order valence-corrected chi connectivity index (χ2v) is 6.31. The Balaban J connectivity index is 2.33. The van der Waals surface area contributed by atoms with Crippen molar-refractivity contribution in [3.63, 3.8) is 0 Å². The van der Waals surface area contributed by atoms with E-state index in [9.17, 15) is 0 Å². The van der Waals surface area contributed by atoms with Crippen molar-refractivity contribution in [2.24, 2.45) is 4.99 Å². The summed E-state index contributed by atoms with van der Waals surface area (Å²) in [6.45, 7) is 5.90. The SMILES string of the molecule is CN=C(NCc1ncc(C)s1)NCC(C)SC. The lowest BCUT2D eigenvalue weighted by Gasteiger charge is -2.13. The molecule has 0 bridgehead atoms. The summed E-state index contributed by atoms with van der Waals surface area (Å²) in [6.07, 6.45) is 4.01. The van der Waals surface area contributed by atoms with Gasteiger partial charge in [0.05, 0.1) is 6.54 Å². The molecule has 0 spiro atoms. The van der Waals surface area contributed by atoms with E-state index < -0.39 is 0 Å². The smallest absolute Gasteiger partial charge is 0.191 e. The second-order valence-electron chi connectivity index (χ2n) is 3.72. The van der Waals surface area contributed by atoms with Gasteiger partial charge in [-0.3, -0.25) is 4.99 Å². The predicted octanol–water partition coefficient (Wildman–Crippen LogP) is 1.87. The van der Waals surface area contributed by atoms with Gasteiger partial charge in [0.2, 0.25) is 0 Å². The second kappa shape index (κ2) is 7.55. The van der Waals surface area contributed by atoms with Crippen molar-refractivity contribution in [3.8, 4) is 0 Å². The standard InChI is InChI=1S/C11H20N4S2/c1-8(16-4)5-14-11(12-3)15-7-10-13-6-9(2)17-10/h6,8H,5,7H2,1-4H3,(H2,12,14,15). The fourth-order valence-electron chi connectivity index (χ4n) is 1.19. The molecule has 2 N–H and O–H groups in total. The minimum absolute atomic E-state index is 0.579. The Hall–Kier alpha value is -0.750. The largest absolute Gasteiger partial charge is 0.355 e. The van der Waals surface area contributed by atoms with Crippen LogP contribution in [-0.2, 0) is 6.54 Å². The maximum atomic E-state index is 4.30. The number of aliphatic imine (C=N–C) groups is 1. The number of nitrogens with one attached hydrogen (secondary N) is 2. The number of hydrogen-bond acceptors (Lipinski definition) is 4.